The van der Waals surface area contributed by atoms with Gasteiger partial charge in [0.15, 0.2) is 0 Å². The van der Waals surface area contributed by atoms with Crippen molar-refractivity contribution >= 4 is 46.1 Å². The van der Waals surface area contributed by atoms with Crippen LogP contribution < -0.4 is 9.64 Å². The summed E-state index contributed by atoms with van der Waals surface area (Å²) in [7, 11) is 1.51. The molecule has 1 saturated heterocycles. The molecule has 1 fully saturated rings. The van der Waals surface area contributed by atoms with Crippen LogP contribution in [0.25, 0.3) is 5.76 Å². The molecule has 176 valence electrons. The Kier molecular flexibility index (Phi) is 6.32. The van der Waals surface area contributed by atoms with Gasteiger partial charge in [0.2, 0.25) is 0 Å². The fourth-order valence-corrected chi connectivity index (χ4v) is 5.15. The largest absolute Gasteiger partial charge is 0.507 e. The molecule has 2 aromatic carbocycles. The third-order valence-corrected chi connectivity index (χ3v) is 7.41. The van der Waals surface area contributed by atoms with Crippen molar-refractivity contribution in [1.82, 2.24) is 0 Å². The number of carbonyl (C=O) groups excluding carboxylic acids is 2. The van der Waals surface area contributed by atoms with E-state index < -0.39 is 17.7 Å². The molecule has 1 amide bonds. The van der Waals surface area contributed by atoms with E-state index in [0.29, 0.717) is 27.6 Å². The molecule has 5 nitrogen and oxygen atoms in total. The number of carbonyl (C=O) groups is 2. The quantitative estimate of drug-likeness (QED) is 0.250. The summed E-state index contributed by atoms with van der Waals surface area (Å²) in [6, 6.07) is 13.7. The summed E-state index contributed by atoms with van der Waals surface area (Å²) < 4.78 is 5.51. The second-order valence-corrected chi connectivity index (χ2v) is 10.6. The molecule has 1 unspecified atom stereocenters. The van der Waals surface area contributed by atoms with Gasteiger partial charge in [-0.25, -0.2) is 0 Å². The van der Waals surface area contributed by atoms with Gasteiger partial charge < -0.3 is 9.84 Å². The molecule has 0 bridgehead atoms. The van der Waals surface area contributed by atoms with Gasteiger partial charge in [-0.05, 0) is 59.2 Å². The summed E-state index contributed by atoms with van der Waals surface area (Å²) in [6.45, 7) is 7.99. The highest BCUT2D eigenvalue weighted by atomic mass is 35.5. The van der Waals surface area contributed by atoms with Gasteiger partial charge in [-0.2, -0.15) is 0 Å². The number of ether oxygens (including phenoxy) is 1. The van der Waals surface area contributed by atoms with Crippen molar-refractivity contribution in [2.45, 2.75) is 39.2 Å². The number of halogens is 1. The van der Waals surface area contributed by atoms with Crippen LogP contribution in [0.5, 0.6) is 5.75 Å². The van der Waals surface area contributed by atoms with Gasteiger partial charge in [0.1, 0.15) is 17.6 Å². The highest BCUT2D eigenvalue weighted by Gasteiger charge is 2.48. The average Bonchev–Trinajstić information content (AvgIpc) is 3.41. The van der Waals surface area contributed by atoms with E-state index in [1.807, 2.05) is 29.6 Å². The number of methoxy groups -OCH3 is 1. The van der Waals surface area contributed by atoms with E-state index >= 15 is 0 Å². The summed E-state index contributed by atoms with van der Waals surface area (Å²) in [5.41, 5.74) is 2.37. The molecule has 7 heteroatoms. The van der Waals surface area contributed by atoms with Crippen LogP contribution in [0.3, 0.4) is 0 Å². The number of ketones is 1. The lowest BCUT2D eigenvalue weighted by molar-refractivity contribution is -0.132. The SMILES string of the molecule is COc1ccc(C(C)(C)C)cc1/C(O)=C1\C(=O)C(=O)N(c2cccc(Cl)c2C)C1c1cccs1. The molecule has 34 heavy (non-hydrogen) atoms. The van der Waals surface area contributed by atoms with Crippen LogP contribution in [0.1, 0.15) is 48.4 Å². The molecule has 4 rings (SSSR count). The molecule has 0 spiro atoms. The normalized spacial score (nSPS) is 17.9. The van der Waals surface area contributed by atoms with E-state index in [1.165, 1.54) is 23.3 Å². The maximum absolute atomic E-state index is 13.4. The number of benzene rings is 2. The first kappa shape index (κ1) is 24.0. The maximum Gasteiger partial charge on any atom is 0.300 e. The van der Waals surface area contributed by atoms with Crippen LogP contribution in [-0.4, -0.2) is 23.9 Å². The average molecular weight is 496 g/mol. The number of anilines is 1. The van der Waals surface area contributed by atoms with E-state index in [1.54, 1.807) is 31.2 Å². The van der Waals surface area contributed by atoms with Crippen molar-refractivity contribution in [3.63, 3.8) is 0 Å². The van der Waals surface area contributed by atoms with Gasteiger partial charge in [-0.3, -0.25) is 14.5 Å². The number of Topliss-reactive ketones (excluding diaryl/α,β-unsaturated/α-hetero) is 1. The second kappa shape index (κ2) is 8.93. The van der Waals surface area contributed by atoms with Gasteiger partial charge >= 0.3 is 0 Å². The first-order valence-corrected chi connectivity index (χ1v) is 12.1. The summed E-state index contributed by atoms with van der Waals surface area (Å²) in [4.78, 5) is 29.0. The Bertz CT molecular complexity index is 1300. The molecular weight excluding hydrogens is 470 g/mol. The third-order valence-electron chi connectivity index (χ3n) is 6.08. The molecule has 0 saturated carbocycles. The molecule has 1 aliphatic rings. The van der Waals surface area contributed by atoms with Crippen LogP contribution in [-0.2, 0) is 15.0 Å². The van der Waals surface area contributed by atoms with Crippen molar-refractivity contribution in [3.8, 4) is 5.75 Å². The number of amides is 1. The summed E-state index contributed by atoms with van der Waals surface area (Å²) >= 11 is 7.76. The zero-order chi connectivity index (χ0) is 24.8. The molecule has 1 aliphatic heterocycles. The zero-order valence-corrected chi connectivity index (χ0v) is 21.3. The lowest BCUT2D eigenvalue weighted by Crippen LogP contribution is -2.29. The summed E-state index contributed by atoms with van der Waals surface area (Å²) in [6.07, 6.45) is 0. The number of aliphatic hydroxyl groups excluding tert-OH is 1. The Labute approximate surface area is 208 Å². The number of hydrogen-bond donors (Lipinski definition) is 1. The predicted octanol–water partition coefficient (Wildman–Crippen LogP) is 6.64. The minimum atomic E-state index is -0.792. The van der Waals surface area contributed by atoms with Crippen molar-refractivity contribution in [2.24, 2.45) is 0 Å². The Balaban J connectivity index is 2.00. The topological polar surface area (TPSA) is 66.8 Å². The van der Waals surface area contributed by atoms with Crippen LogP contribution >= 0.6 is 22.9 Å². The zero-order valence-electron chi connectivity index (χ0n) is 19.7. The minimum Gasteiger partial charge on any atom is -0.507 e. The van der Waals surface area contributed by atoms with E-state index in [2.05, 4.69) is 20.8 Å². The standard InChI is InChI=1S/C27H26ClNO4S/c1-15-18(28)8-6-9-19(15)29-23(21-10-7-13-34-21)22(25(31)26(29)32)24(30)17-14-16(27(2,3)4)11-12-20(17)33-5/h6-14,23,30H,1-5H3/b24-22+. The van der Waals surface area contributed by atoms with Crippen LogP contribution in [0.15, 0.2) is 59.5 Å². The van der Waals surface area contributed by atoms with Crippen LogP contribution in [0.2, 0.25) is 5.02 Å². The third kappa shape index (κ3) is 4.01. The smallest absolute Gasteiger partial charge is 0.300 e. The van der Waals surface area contributed by atoms with E-state index in [9.17, 15) is 14.7 Å². The Morgan fingerprint density at radius 3 is 2.47 bits per heavy atom. The lowest BCUT2D eigenvalue weighted by Gasteiger charge is -2.26. The molecule has 0 aliphatic carbocycles. The molecule has 1 atom stereocenters. The molecular formula is C27H26ClNO4S. The predicted molar refractivity (Wildman–Crippen MR) is 137 cm³/mol. The van der Waals surface area contributed by atoms with Crippen molar-refractivity contribution in [2.75, 3.05) is 12.0 Å². The summed E-state index contributed by atoms with van der Waals surface area (Å²) in [5.74, 6) is -1.31. The monoisotopic (exact) mass is 495 g/mol. The molecule has 2 heterocycles. The van der Waals surface area contributed by atoms with Gasteiger partial charge in [-0.15, -0.1) is 11.3 Å². The molecule has 1 aromatic heterocycles. The van der Waals surface area contributed by atoms with Gasteiger partial charge in [0.05, 0.1) is 18.2 Å². The van der Waals surface area contributed by atoms with Gasteiger partial charge in [0, 0.05) is 15.6 Å². The van der Waals surface area contributed by atoms with Crippen LogP contribution in [0, 0.1) is 6.92 Å². The fraction of sp³-hybridized carbons (Fsp3) is 0.259. The van der Waals surface area contributed by atoms with E-state index in [4.69, 9.17) is 16.3 Å². The number of rotatable bonds is 4. The van der Waals surface area contributed by atoms with Crippen molar-refractivity contribution < 1.29 is 19.4 Å². The van der Waals surface area contributed by atoms with Gasteiger partial charge in [-0.1, -0.05) is 50.6 Å². The minimum absolute atomic E-state index is 0.0242. The first-order valence-electron chi connectivity index (χ1n) is 10.8. The molecule has 3 aromatic rings. The fourth-order valence-electron chi connectivity index (χ4n) is 4.16. The maximum atomic E-state index is 13.4. The lowest BCUT2D eigenvalue weighted by atomic mass is 9.85. The van der Waals surface area contributed by atoms with Crippen molar-refractivity contribution in [1.29, 1.82) is 0 Å². The van der Waals surface area contributed by atoms with E-state index in [-0.39, 0.29) is 16.7 Å². The number of hydrogen-bond acceptors (Lipinski definition) is 5. The molecule has 0 radical (unpaired) electrons. The molecule has 1 N–H and O–H groups in total. The highest BCUT2D eigenvalue weighted by molar-refractivity contribution is 7.10. The summed E-state index contributed by atoms with van der Waals surface area (Å²) in [5, 5.41) is 13.9. The second-order valence-electron chi connectivity index (χ2n) is 9.23. The van der Waals surface area contributed by atoms with Gasteiger partial charge in [0.25, 0.3) is 11.7 Å². The number of aliphatic hydroxyl groups is 1. The van der Waals surface area contributed by atoms with Crippen LogP contribution in [0.4, 0.5) is 5.69 Å². The highest BCUT2D eigenvalue weighted by Crippen LogP contribution is 2.46. The number of thiophene rings is 1. The van der Waals surface area contributed by atoms with E-state index in [0.717, 1.165) is 10.4 Å². The Morgan fingerprint density at radius 2 is 1.85 bits per heavy atom. The first-order chi connectivity index (χ1) is 16.1. The Morgan fingerprint density at radius 1 is 1.12 bits per heavy atom. The van der Waals surface area contributed by atoms with Crippen molar-refractivity contribution in [3.05, 3.63) is 86.1 Å². The Hall–Kier alpha value is -3.09. The number of nitrogens with zero attached hydrogens (tertiary/aromatic N) is 1.